The number of para-hydroxylation sites is 1. The predicted molar refractivity (Wildman–Crippen MR) is 149 cm³/mol. The third-order valence-electron chi connectivity index (χ3n) is 5.20. The van der Waals surface area contributed by atoms with Gasteiger partial charge in [0.05, 0.1) is 25.2 Å². The second-order valence-corrected chi connectivity index (χ2v) is 9.16. The van der Waals surface area contributed by atoms with E-state index in [0.29, 0.717) is 40.5 Å². The Morgan fingerprint density at radius 2 is 1.79 bits per heavy atom. The van der Waals surface area contributed by atoms with Crippen molar-refractivity contribution < 1.29 is 19.4 Å². The Morgan fingerprint density at radius 3 is 2.50 bits per heavy atom. The Kier molecular flexibility index (Phi) is 9.23. The molecule has 0 saturated carbocycles. The lowest BCUT2D eigenvalue weighted by Crippen LogP contribution is -2.20. The number of nitrogens with zero attached hydrogens (tertiary/aromatic N) is 4. The summed E-state index contributed by atoms with van der Waals surface area (Å²) < 4.78 is 12.8. The quantitative estimate of drug-likeness (QED) is 0.147. The molecule has 0 unspecified atom stereocenters. The molecule has 0 fully saturated rings. The molecule has 1 heterocycles. The van der Waals surface area contributed by atoms with Crippen LogP contribution in [0.25, 0.3) is 17.1 Å². The maximum absolute atomic E-state index is 12.5. The standard InChI is InChI=1S/C27H26ClN5O4S/c1-3-36-22-14-12-21(13-15-22)33-26(18-8-10-20(28)11-9-18)31-32-27(33)38-17-24(34)30-29-16-19-6-5-7-23(25(19)35)37-4-2/h5-16,35H,3-4,17H2,1-2H3,(H,30,34)/b29-16+. The number of hydrazone groups is 1. The van der Waals surface area contributed by atoms with Gasteiger partial charge in [-0.25, -0.2) is 5.43 Å². The normalized spacial score (nSPS) is 11.0. The van der Waals surface area contributed by atoms with E-state index in [-0.39, 0.29) is 17.4 Å². The van der Waals surface area contributed by atoms with Gasteiger partial charge in [-0.1, -0.05) is 29.4 Å². The molecule has 1 aromatic heterocycles. The molecule has 0 saturated heterocycles. The van der Waals surface area contributed by atoms with Crippen LogP contribution in [0.15, 0.2) is 77.0 Å². The van der Waals surface area contributed by atoms with Crippen molar-refractivity contribution in [2.45, 2.75) is 19.0 Å². The van der Waals surface area contributed by atoms with Crippen LogP contribution in [0.2, 0.25) is 5.02 Å². The van der Waals surface area contributed by atoms with E-state index in [1.54, 1.807) is 30.3 Å². The number of rotatable bonds is 11. The fourth-order valence-electron chi connectivity index (χ4n) is 3.49. The third-order valence-corrected chi connectivity index (χ3v) is 6.38. The van der Waals surface area contributed by atoms with E-state index in [1.807, 2.05) is 54.8 Å². The Bertz CT molecular complexity index is 1410. The number of hydrogen-bond donors (Lipinski definition) is 2. The van der Waals surface area contributed by atoms with E-state index >= 15 is 0 Å². The van der Waals surface area contributed by atoms with Crippen molar-refractivity contribution in [1.82, 2.24) is 20.2 Å². The monoisotopic (exact) mass is 551 g/mol. The first-order valence-electron chi connectivity index (χ1n) is 11.8. The minimum atomic E-state index is -0.346. The van der Waals surface area contributed by atoms with E-state index < -0.39 is 0 Å². The van der Waals surface area contributed by atoms with Crippen LogP contribution in [0.4, 0.5) is 0 Å². The van der Waals surface area contributed by atoms with E-state index in [2.05, 4.69) is 20.7 Å². The van der Waals surface area contributed by atoms with E-state index in [9.17, 15) is 9.90 Å². The molecule has 9 nitrogen and oxygen atoms in total. The van der Waals surface area contributed by atoms with Crippen molar-refractivity contribution in [2.24, 2.45) is 5.10 Å². The summed E-state index contributed by atoms with van der Waals surface area (Å²) in [5.74, 6) is 1.36. The number of aromatic nitrogens is 3. The molecule has 4 rings (SSSR count). The summed E-state index contributed by atoms with van der Waals surface area (Å²) >= 11 is 7.29. The summed E-state index contributed by atoms with van der Waals surface area (Å²) in [6.45, 7) is 4.74. The average Bonchev–Trinajstić information content (AvgIpc) is 3.34. The van der Waals surface area contributed by atoms with Crippen LogP contribution in [0, 0.1) is 0 Å². The van der Waals surface area contributed by atoms with Gasteiger partial charge in [-0.15, -0.1) is 10.2 Å². The van der Waals surface area contributed by atoms with Gasteiger partial charge < -0.3 is 14.6 Å². The van der Waals surface area contributed by atoms with Gasteiger partial charge in [0.15, 0.2) is 22.5 Å². The summed E-state index contributed by atoms with van der Waals surface area (Å²) in [4.78, 5) is 12.5. The number of phenols is 1. The second-order valence-electron chi connectivity index (χ2n) is 7.78. The number of hydrogen-bond acceptors (Lipinski definition) is 8. The number of phenolic OH excluding ortho intramolecular Hbond substituents is 1. The van der Waals surface area contributed by atoms with Gasteiger partial charge in [-0.2, -0.15) is 5.10 Å². The SMILES string of the molecule is CCOc1ccc(-n2c(SCC(=O)N/N=C/c3cccc(OCC)c3O)nnc2-c2ccc(Cl)cc2)cc1. The largest absolute Gasteiger partial charge is 0.504 e. The van der Waals surface area contributed by atoms with Crippen LogP contribution >= 0.6 is 23.4 Å². The molecule has 4 aromatic rings. The Labute approximate surface area is 229 Å². The Morgan fingerprint density at radius 1 is 1.05 bits per heavy atom. The number of halogens is 1. The summed E-state index contributed by atoms with van der Waals surface area (Å²) in [6, 6.07) is 19.9. The van der Waals surface area contributed by atoms with Crippen molar-refractivity contribution >= 4 is 35.5 Å². The van der Waals surface area contributed by atoms with Crippen molar-refractivity contribution in [1.29, 1.82) is 0 Å². The smallest absolute Gasteiger partial charge is 0.250 e. The van der Waals surface area contributed by atoms with Gasteiger partial charge in [-0.05, 0) is 74.5 Å². The highest BCUT2D eigenvalue weighted by Crippen LogP contribution is 2.30. The molecule has 38 heavy (non-hydrogen) atoms. The number of carbonyl (C=O) groups is 1. The highest BCUT2D eigenvalue weighted by atomic mass is 35.5. The summed E-state index contributed by atoms with van der Waals surface area (Å²) in [5, 5.41) is 24.1. The molecule has 3 aromatic carbocycles. The van der Waals surface area contributed by atoms with Gasteiger partial charge in [0.25, 0.3) is 5.91 Å². The van der Waals surface area contributed by atoms with Crippen LogP contribution in [0.5, 0.6) is 17.2 Å². The summed E-state index contributed by atoms with van der Waals surface area (Å²) in [6.07, 6.45) is 1.36. The first kappa shape index (κ1) is 27.0. The van der Waals surface area contributed by atoms with Crippen molar-refractivity contribution in [2.75, 3.05) is 19.0 Å². The van der Waals surface area contributed by atoms with Crippen LogP contribution in [-0.4, -0.2) is 51.0 Å². The predicted octanol–water partition coefficient (Wildman–Crippen LogP) is 5.33. The van der Waals surface area contributed by atoms with Crippen LogP contribution < -0.4 is 14.9 Å². The molecular formula is C27H26ClN5O4S. The fourth-order valence-corrected chi connectivity index (χ4v) is 4.36. The van der Waals surface area contributed by atoms with Crippen LogP contribution in [-0.2, 0) is 4.79 Å². The highest BCUT2D eigenvalue weighted by Gasteiger charge is 2.17. The van der Waals surface area contributed by atoms with Gasteiger partial charge in [0.2, 0.25) is 0 Å². The molecule has 1 amide bonds. The first-order valence-corrected chi connectivity index (χ1v) is 13.2. The number of ether oxygens (including phenoxy) is 2. The molecule has 0 bridgehead atoms. The highest BCUT2D eigenvalue weighted by molar-refractivity contribution is 7.99. The van der Waals surface area contributed by atoms with Crippen LogP contribution in [0.1, 0.15) is 19.4 Å². The number of carbonyl (C=O) groups excluding carboxylic acids is 1. The molecular weight excluding hydrogens is 526 g/mol. The van der Waals surface area contributed by atoms with E-state index in [0.717, 1.165) is 17.0 Å². The van der Waals surface area contributed by atoms with Gasteiger partial charge in [0, 0.05) is 21.8 Å². The van der Waals surface area contributed by atoms with Crippen LogP contribution in [0.3, 0.4) is 0 Å². The van der Waals surface area contributed by atoms with Gasteiger partial charge in [-0.3, -0.25) is 9.36 Å². The zero-order chi connectivity index (χ0) is 26.9. The fraction of sp³-hybridized carbons (Fsp3) is 0.185. The van der Waals surface area contributed by atoms with Gasteiger partial charge >= 0.3 is 0 Å². The lowest BCUT2D eigenvalue weighted by atomic mass is 10.2. The second kappa shape index (κ2) is 13.0. The minimum Gasteiger partial charge on any atom is -0.504 e. The maximum atomic E-state index is 12.5. The van der Waals surface area contributed by atoms with Crippen molar-refractivity contribution in [3.05, 3.63) is 77.3 Å². The average molecular weight is 552 g/mol. The zero-order valence-corrected chi connectivity index (χ0v) is 22.4. The molecule has 0 spiro atoms. The topological polar surface area (TPSA) is 111 Å². The number of benzene rings is 3. The molecule has 0 aliphatic heterocycles. The lowest BCUT2D eigenvalue weighted by molar-refractivity contribution is -0.118. The van der Waals surface area contributed by atoms with Gasteiger partial charge in [0.1, 0.15) is 5.75 Å². The minimum absolute atomic E-state index is 0.0398. The summed E-state index contributed by atoms with van der Waals surface area (Å²) in [7, 11) is 0. The third kappa shape index (κ3) is 6.64. The molecule has 0 atom stereocenters. The molecule has 2 N–H and O–H groups in total. The molecule has 196 valence electrons. The maximum Gasteiger partial charge on any atom is 0.250 e. The first-order chi connectivity index (χ1) is 18.5. The number of thioether (sulfide) groups is 1. The lowest BCUT2D eigenvalue weighted by Gasteiger charge is -2.11. The zero-order valence-electron chi connectivity index (χ0n) is 20.8. The van der Waals surface area contributed by atoms with E-state index in [1.165, 1.54) is 18.0 Å². The molecule has 0 radical (unpaired) electrons. The van der Waals surface area contributed by atoms with Crippen molar-refractivity contribution in [3.63, 3.8) is 0 Å². The Balaban J connectivity index is 1.50. The summed E-state index contributed by atoms with van der Waals surface area (Å²) in [5.41, 5.74) is 4.54. The number of nitrogens with one attached hydrogen (secondary N) is 1. The molecule has 11 heteroatoms. The number of aromatic hydroxyl groups is 1. The molecule has 0 aliphatic rings. The van der Waals surface area contributed by atoms with Crippen molar-refractivity contribution in [3.8, 4) is 34.3 Å². The van der Waals surface area contributed by atoms with E-state index in [4.69, 9.17) is 21.1 Å². The molecule has 0 aliphatic carbocycles. The Hall–Kier alpha value is -4.02. The number of amides is 1.